The number of nitrogens with zero attached hydrogens (tertiary/aromatic N) is 2. The van der Waals surface area contributed by atoms with Crippen molar-refractivity contribution in [1.82, 2.24) is 9.80 Å². The molecule has 1 saturated heterocycles. The molecule has 4 rings (SSSR count). The lowest BCUT2D eigenvalue weighted by molar-refractivity contribution is -0.130. The lowest BCUT2D eigenvalue weighted by Crippen LogP contribution is -2.50. The van der Waals surface area contributed by atoms with Crippen LogP contribution in [0.4, 0.5) is 0 Å². The predicted octanol–water partition coefficient (Wildman–Crippen LogP) is 1.37. The Morgan fingerprint density at radius 1 is 0.857 bits per heavy atom. The van der Waals surface area contributed by atoms with Crippen LogP contribution in [0.2, 0.25) is 0 Å². The zero-order valence-corrected chi connectivity index (χ0v) is 16.0. The average molecular weight is 398 g/mol. The van der Waals surface area contributed by atoms with Gasteiger partial charge in [0.1, 0.15) is 0 Å². The average Bonchev–Trinajstić information content (AvgIpc) is 2.71. The maximum atomic E-state index is 13.0. The molecule has 2 heterocycles. The van der Waals surface area contributed by atoms with Gasteiger partial charge in [-0.05, 0) is 30.3 Å². The molecule has 0 bridgehead atoms. The van der Waals surface area contributed by atoms with Crippen LogP contribution in [0.25, 0.3) is 0 Å². The molecular weight excluding hydrogens is 380 g/mol. The molecule has 2 amide bonds. The Balaban J connectivity index is 1.68. The molecule has 0 atom stereocenters. The van der Waals surface area contributed by atoms with Crippen molar-refractivity contribution >= 4 is 27.4 Å². The zero-order chi connectivity index (χ0) is 20.1. The fraction of sp³-hybridized carbons (Fsp3) is 0.250. The van der Waals surface area contributed by atoms with E-state index in [1.54, 1.807) is 21.9 Å². The third kappa shape index (κ3) is 2.80. The summed E-state index contributed by atoms with van der Waals surface area (Å²) in [6, 6.07) is 10.3. The fourth-order valence-corrected chi connectivity index (χ4v) is 5.30. The van der Waals surface area contributed by atoms with Gasteiger partial charge in [0.05, 0.1) is 9.79 Å². The summed E-state index contributed by atoms with van der Waals surface area (Å²) in [5.74, 6) is -0.717. The molecule has 144 valence electrons. The van der Waals surface area contributed by atoms with Gasteiger partial charge < -0.3 is 9.80 Å². The standard InChI is InChI=1S/C20H18N2O5S/c1-13(23)21-8-10-22(11-9-21)20(25)14-6-7-16-18(12-14)28(26,27)17-5-3-2-4-15(17)19(16)24/h2-7,12H,8-11H2,1H3. The van der Waals surface area contributed by atoms with Crippen molar-refractivity contribution in [3.63, 3.8) is 0 Å². The van der Waals surface area contributed by atoms with Crippen molar-refractivity contribution in [3.8, 4) is 0 Å². The number of hydrogen-bond donors (Lipinski definition) is 0. The summed E-state index contributed by atoms with van der Waals surface area (Å²) in [5, 5.41) is 0. The maximum absolute atomic E-state index is 13.0. The van der Waals surface area contributed by atoms with E-state index in [1.165, 1.54) is 37.3 Å². The molecule has 0 aromatic heterocycles. The zero-order valence-electron chi connectivity index (χ0n) is 15.2. The van der Waals surface area contributed by atoms with E-state index in [2.05, 4.69) is 0 Å². The van der Waals surface area contributed by atoms with Gasteiger partial charge in [-0.25, -0.2) is 8.42 Å². The molecule has 0 N–H and O–H groups in total. The van der Waals surface area contributed by atoms with Gasteiger partial charge in [-0.15, -0.1) is 0 Å². The number of rotatable bonds is 1. The highest BCUT2D eigenvalue weighted by atomic mass is 32.2. The largest absolute Gasteiger partial charge is 0.339 e. The molecule has 2 aliphatic heterocycles. The second kappa shape index (κ2) is 6.56. The second-order valence-corrected chi connectivity index (χ2v) is 8.72. The minimum atomic E-state index is -3.89. The van der Waals surface area contributed by atoms with Gasteiger partial charge in [0.15, 0.2) is 5.78 Å². The third-order valence-corrected chi connectivity index (χ3v) is 7.05. The van der Waals surface area contributed by atoms with Gasteiger partial charge in [-0.2, -0.15) is 0 Å². The summed E-state index contributed by atoms with van der Waals surface area (Å²) >= 11 is 0. The van der Waals surface area contributed by atoms with E-state index in [0.717, 1.165) is 0 Å². The number of amides is 2. The van der Waals surface area contributed by atoms with Crippen LogP contribution in [-0.4, -0.2) is 62.0 Å². The lowest BCUT2D eigenvalue weighted by atomic mass is 10.0. The summed E-state index contributed by atoms with van der Waals surface area (Å²) in [7, 11) is -3.89. The van der Waals surface area contributed by atoms with Gasteiger partial charge in [0.25, 0.3) is 5.91 Å². The van der Waals surface area contributed by atoms with E-state index in [1.807, 2.05) is 0 Å². The number of fused-ring (bicyclic) bond motifs is 2. The molecule has 8 heteroatoms. The first-order valence-corrected chi connectivity index (χ1v) is 10.4. The van der Waals surface area contributed by atoms with Crippen LogP contribution >= 0.6 is 0 Å². The highest BCUT2D eigenvalue weighted by Crippen LogP contribution is 2.35. The van der Waals surface area contributed by atoms with E-state index >= 15 is 0 Å². The molecule has 0 radical (unpaired) electrons. The van der Waals surface area contributed by atoms with Crippen LogP contribution in [0.15, 0.2) is 52.3 Å². The Kier molecular flexibility index (Phi) is 4.30. The van der Waals surface area contributed by atoms with E-state index in [0.29, 0.717) is 26.2 Å². The number of sulfone groups is 1. The van der Waals surface area contributed by atoms with Crippen LogP contribution < -0.4 is 0 Å². The highest BCUT2D eigenvalue weighted by Gasteiger charge is 2.35. The molecule has 2 aromatic carbocycles. The predicted molar refractivity (Wildman–Crippen MR) is 99.9 cm³/mol. The number of hydrogen-bond acceptors (Lipinski definition) is 5. The first-order chi connectivity index (χ1) is 13.3. The topological polar surface area (TPSA) is 91.8 Å². The Morgan fingerprint density at radius 2 is 1.46 bits per heavy atom. The van der Waals surface area contributed by atoms with Crippen molar-refractivity contribution in [3.05, 3.63) is 59.2 Å². The number of benzene rings is 2. The quantitative estimate of drug-likeness (QED) is 0.617. The Bertz CT molecular complexity index is 1120. The summed E-state index contributed by atoms with van der Waals surface area (Å²) in [5.41, 5.74) is 0.442. The van der Waals surface area contributed by atoms with Gasteiger partial charge >= 0.3 is 0 Å². The van der Waals surface area contributed by atoms with E-state index in [-0.39, 0.29) is 44.1 Å². The molecule has 0 aliphatic carbocycles. The minimum absolute atomic E-state index is 0.0350. The molecule has 2 aliphatic rings. The van der Waals surface area contributed by atoms with Crippen molar-refractivity contribution < 1.29 is 22.8 Å². The molecule has 2 aromatic rings. The molecule has 7 nitrogen and oxygen atoms in total. The summed E-state index contributed by atoms with van der Waals surface area (Å²) in [6.07, 6.45) is 0. The number of carbonyl (C=O) groups is 3. The molecule has 0 unspecified atom stereocenters. The Morgan fingerprint density at radius 3 is 2.14 bits per heavy atom. The fourth-order valence-electron chi connectivity index (χ4n) is 3.62. The first kappa shape index (κ1) is 18.4. The normalized spacial score (nSPS) is 17.7. The van der Waals surface area contributed by atoms with E-state index in [9.17, 15) is 22.8 Å². The van der Waals surface area contributed by atoms with Crippen molar-refractivity contribution in [1.29, 1.82) is 0 Å². The lowest BCUT2D eigenvalue weighted by Gasteiger charge is -2.34. The van der Waals surface area contributed by atoms with Crippen molar-refractivity contribution in [2.24, 2.45) is 0 Å². The summed E-state index contributed by atoms with van der Waals surface area (Å²) in [6.45, 7) is 3.13. The summed E-state index contributed by atoms with van der Waals surface area (Å²) < 4.78 is 26.0. The van der Waals surface area contributed by atoms with E-state index < -0.39 is 9.84 Å². The van der Waals surface area contributed by atoms with E-state index in [4.69, 9.17) is 0 Å². The third-order valence-electron chi connectivity index (χ3n) is 5.20. The maximum Gasteiger partial charge on any atom is 0.254 e. The molecule has 1 fully saturated rings. The minimum Gasteiger partial charge on any atom is -0.339 e. The smallest absolute Gasteiger partial charge is 0.254 e. The number of ketones is 1. The monoisotopic (exact) mass is 398 g/mol. The van der Waals surface area contributed by atoms with Crippen molar-refractivity contribution in [2.75, 3.05) is 26.2 Å². The first-order valence-electron chi connectivity index (χ1n) is 8.88. The summed E-state index contributed by atoms with van der Waals surface area (Å²) in [4.78, 5) is 40.0. The van der Waals surface area contributed by atoms with Gasteiger partial charge in [-0.3, -0.25) is 14.4 Å². The number of piperazine rings is 1. The number of carbonyl (C=O) groups excluding carboxylic acids is 3. The Hall–Kier alpha value is -3.00. The van der Waals surface area contributed by atoms with Gasteiger partial charge in [0.2, 0.25) is 15.7 Å². The van der Waals surface area contributed by atoms with Gasteiger partial charge in [-0.1, -0.05) is 12.1 Å². The highest BCUT2D eigenvalue weighted by molar-refractivity contribution is 7.91. The molecule has 0 spiro atoms. The van der Waals surface area contributed by atoms with Gasteiger partial charge in [0, 0.05) is 49.8 Å². The molecular formula is C20H18N2O5S. The second-order valence-electron chi connectivity index (χ2n) is 6.84. The molecule has 0 saturated carbocycles. The van der Waals surface area contributed by atoms with Crippen LogP contribution in [0.3, 0.4) is 0 Å². The van der Waals surface area contributed by atoms with Crippen LogP contribution in [0.5, 0.6) is 0 Å². The van der Waals surface area contributed by atoms with Crippen LogP contribution in [0.1, 0.15) is 33.2 Å². The SMILES string of the molecule is CC(=O)N1CCN(C(=O)c2ccc3c(c2)S(=O)(=O)c2ccccc2C3=O)CC1. The van der Waals surface area contributed by atoms with Crippen LogP contribution in [-0.2, 0) is 14.6 Å². The van der Waals surface area contributed by atoms with Crippen molar-refractivity contribution in [2.45, 2.75) is 16.7 Å². The Labute approximate surface area is 162 Å². The van der Waals surface area contributed by atoms with Crippen LogP contribution in [0, 0.1) is 0 Å². The molecule has 28 heavy (non-hydrogen) atoms.